The number of amides is 1. The molecule has 1 fully saturated rings. The van der Waals surface area contributed by atoms with Crippen LogP contribution in [0, 0.1) is 6.92 Å². The fourth-order valence-electron chi connectivity index (χ4n) is 3.00. The first-order chi connectivity index (χ1) is 10.2. The van der Waals surface area contributed by atoms with Crippen molar-refractivity contribution in [3.8, 4) is 0 Å². The Labute approximate surface area is 124 Å². The maximum absolute atomic E-state index is 12.4. The number of aryl methyl sites for hydroxylation is 1. The van der Waals surface area contributed by atoms with E-state index in [2.05, 4.69) is 22.1 Å². The summed E-state index contributed by atoms with van der Waals surface area (Å²) in [6, 6.07) is 3.82. The van der Waals surface area contributed by atoms with Crippen molar-refractivity contribution < 1.29 is 4.79 Å². The first-order valence-corrected chi connectivity index (χ1v) is 7.40. The maximum atomic E-state index is 12.4. The molecule has 1 aliphatic heterocycles. The van der Waals surface area contributed by atoms with Gasteiger partial charge in [0.1, 0.15) is 0 Å². The molecular weight excluding hydrogens is 264 g/mol. The monoisotopic (exact) mass is 284 g/mol. The topological polar surface area (TPSA) is 61.9 Å². The fraction of sp³-hybridized carbons (Fsp3) is 0.438. The Morgan fingerprint density at radius 1 is 1.48 bits per heavy atom. The lowest BCUT2D eigenvalue weighted by Crippen LogP contribution is -2.40. The van der Waals surface area contributed by atoms with Crippen LogP contribution in [0.2, 0.25) is 0 Å². The lowest BCUT2D eigenvalue weighted by Gasteiger charge is -2.32. The quantitative estimate of drug-likeness (QED) is 0.938. The van der Waals surface area contributed by atoms with Gasteiger partial charge in [-0.2, -0.15) is 5.10 Å². The molecule has 0 spiro atoms. The van der Waals surface area contributed by atoms with E-state index < -0.39 is 0 Å². The third-order valence-electron chi connectivity index (χ3n) is 4.13. The van der Waals surface area contributed by atoms with E-state index in [0.717, 1.165) is 31.5 Å². The van der Waals surface area contributed by atoms with Crippen LogP contribution < -0.4 is 0 Å². The summed E-state index contributed by atoms with van der Waals surface area (Å²) in [6.07, 6.45) is 7.93. The molecule has 3 heterocycles. The van der Waals surface area contributed by atoms with Gasteiger partial charge in [0.05, 0.1) is 12.6 Å². The normalized spacial score (nSPS) is 18.7. The third kappa shape index (κ3) is 3.12. The lowest BCUT2D eigenvalue weighted by molar-refractivity contribution is -0.131. The van der Waals surface area contributed by atoms with Crippen molar-refractivity contribution in [3.05, 3.63) is 47.5 Å². The molecule has 0 aliphatic carbocycles. The summed E-state index contributed by atoms with van der Waals surface area (Å²) >= 11 is 0. The van der Waals surface area contributed by atoms with Crippen molar-refractivity contribution in [2.24, 2.45) is 0 Å². The largest absolute Gasteiger partial charge is 0.342 e. The zero-order valence-corrected chi connectivity index (χ0v) is 12.2. The van der Waals surface area contributed by atoms with E-state index in [0.29, 0.717) is 12.3 Å². The van der Waals surface area contributed by atoms with Gasteiger partial charge in [0.25, 0.3) is 0 Å². The number of piperidine rings is 1. The van der Waals surface area contributed by atoms with Crippen molar-refractivity contribution in [2.45, 2.75) is 32.1 Å². The number of pyridine rings is 1. The molecule has 1 aliphatic rings. The average molecular weight is 284 g/mol. The fourth-order valence-corrected chi connectivity index (χ4v) is 3.00. The molecule has 3 rings (SSSR count). The van der Waals surface area contributed by atoms with Gasteiger partial charge in [-0.3, -0.25) is 14.9 Å². The minimum absolute atomic E-state index is 0.185. The molecule has 1 N–H and O–H groups in total. The molecule has 1 saturated heterocycles. The highest BCUT2D eigenvalue weighted by molar-refractivity contribution is 5.78. The maximum Gasteiger partial charge on any atom is 0.227 e. The van der Waals surface area contributed by atoms with Crippen molar-refractivity contribution in [1.82, 2.24) is 20.1 Å². The molecule has 2 aromatic rings. The molecule has 0 aromatic carbocycles. The minimum Gasteiger partial charge on any atom is -0.342 e. The highest BCUT2D eigenvalue weighted by Gasteiger charge is 2.26. The Kier molecular flexibility index (Phi) is 3.99. The SMILES string of the molecule is Cc1cn[nH]c1[C@H]1CCCN(C(=O)Cc2cccnc2)C1. The Morgan fingerprint density at radius 2 is 2.38 bits per heavy atom. The Hall–Kier alpha value is -2.17. The highest BCUT2D eigenvalue weighted by atomic mass is 16.2. The Balaban J connectivity index is 1.66. The van der Waals surface area contributed by atoms with Crippen LogP contribution in [-0.2, 0) is 11.2 Å². The van der Waals surface area contributed by atoms with Crippen molar-refractivity contribution in [3.63, 3.8) is 0 Å². The van der Waals surface area contributed by atoms with Crippen LogP contribution in [0.3, 0.4) is 0 Å². The minimum atomic E-state index is 0.185. The molecule has 5 heteroatoms. The van der Waals surface area contributed by atoms with Crippen molar-refractivity contribution >= 4 is 5.91 Å². The van der Waals surface area contributed by atoms with E-state index in [1.165, 1.54) is 11.3 Å². The van der Waals surface area contributed by atoms with Gasteiger partial charge >= 0.3 is 0 Å². The number of nitrogens with zero attached hydrogens (tertiary/aromatic N) is 3. The molecule has 0 bridgehead atoms. The smallest absolute Gasteiger partial charge is 0.227 e. The summed E-state index contributed by atoms with van der Waals surface area (Å²) in [5.41, 5.74) is 3.33. The second kappa shape index (κ2) is 6.08. The van der Waals surface area contributed by atoms with Crippen molar-refractivity contribution in [2.75, 3.05) is 13.1 Å². The number of nitrogens with one attached hydrogen (secondary N) is 1. The van der Waals surface area contributed by atoms with Gasteiger partial charge in [-0.1, -0.05) is 6.07 Å². The molecule has 0 radical (unpaired) electrons. The molecule has 1 amide bonds. The van der Waals surface area contributed by atoms with Gasteiger partial charge in [-0.25, -0.2) is 0 Å². The predicted molar refractivity (Wildman–Crippen MR) is 79.8 cm³/mol. The number of likely N-dealkylation sites (tertiary alicyclic amines) is 1. The van der Waals surface area contributed by atoms with Crippen molar-refractivity contribution in [1.29, 1.82) is 0 Å². The molecule has 2 aromatic heterocycles. The summed E-state index contributed by atoms with van der Waals surface area (Å²) in [7, 11) is 0. The van der Waals surface area contributed by atoms with Crippen LogP contribution in [-0.4, -0.2) is 39.1 Å². The van der Waals surface area contributed by atoms with E-state index in [9.17, 15) is 4.79 Å². The van der Waals surface area contributed by atoms with Crippen LogP contribution in [0.15, 0.2) is 30.7 Å². The van der Waals surface area contributed by atoms with Gasteiger partial charge in [0, 0.05) is 37.1 Å². The first kappa shape index (κ1) is 13.8. The molecular formula is C16H20N4O. The molecule has 1 atom stereocenters. The molecule has 0 saturated carbocycles. The van der Waals surface area contributed by atoms with E-state index >= 15 is 0 Å². The van der Waals surface area contributed by atoms with E-state index in [-0.39, 0.29) is 5.91 Å². The molecule has 21 heavy (non-hydrogen) atoms. The number of rotatable bonds is 3. The first-order valence-electron chi connectivity index (χ1n) is 7.40. The molecule has 110 valence electrons. The summed E-state index contributed by atoms with van der Waals surface area (Å²) in [5, 5.41) is 7.18. The third-order valence-corrected chi connectivity index (χ3v) is 4.13. The number of aromatic nitrogens is 3. The van der Waals surface area contributed by atoms with E-state index in [1.807, 2.05) is 23.2 Å². The van der Waals surface area contributed by atoms with E-state index in [4.69, 9.17) is 0 Å². The van der Waals surface area contributed by atoms with Gasteiger partial charge in [-0.15, -0.1) is 0 Å². The van der Waals surface area contributed by atoms with Crippen LogP contribution in [0.25, 0.3) is 0 Å². The number of aromatic amines is 1. The molecule has 5 nitrogen and oxygen atoms in total. The number of carbonyl (C=O) groups excluding carboxylic acids is 1. The number of hydrogen-bond donors (Lipinski definition) is 1. The van der Waals surface area contributed by atoms with E-state index in [1.54, 1.807) is 12.4 Å². The van der Waals surface area contributed by atoms with Crippen LogP contribution in [0.5, 0.6) is 0 Å². The average Bonchev–Trinajstić information content (AvgIpc) is 2.94. The summed E-state index contributed by atoms with van der Waals surface area (Å²) in [5.74, 6) is 0.559. The zero-order valence-electron chi connectivity index (χ0n) is 12.2. The summed E-state index contributed by atoms with van der Waals surface area (Å²) in [6.45, 7) is 3.69. The van der Waals surface area contributed by atoms with Gasteiger partial charge < -0.3 is 4.90 Å². The number of H-pyrrole nitrogens is 1. The second-order valence-electron chi connectivity index (χ2n) is 5.68. The Bertz CT molecular complexity index is 608. The number of carbonyl (C=O) groups is 1. The van der Waals surface area contributed by atoms with Gasteiger partial charge in [0.2, 0.25) is 5.91 Å². The standard InChI is InChI=1S/C16H20N4O/c1-12-9-18-19-16(12)14-5-3-7-20(11-14)15(21)8-13-4-2-6-17-10-13/h2,4,6,9-10,14H,3,5,7-8,11H2,1H3,(H,18,19)/t14-/m0/s1. The summed E-state index contributed by atoms with van der Waals surface area (Å²) < 4.78 is 0. The van der Waals surface area contributed by atoms with Crippen LogP contribution in [0.4, 0.5) is 0 Å². The van der Waals surface area contributed by atoms with Crippen LogP contribution >= 0.6 is 0 Å². The number of hydrogen-bond acceptors (Lipinski definition) is 3. The highest BCUT2D eigenvalue weighted by Crippen LogP contribution is 2.27. The van der Waals surface area contributed by atoms with Crippen LogP contribution in [0.1, 0.15) is 35.6 Å². The van der Waals surface area contributed by atoms with Gasteiger partial charge in [0.15, 0.2) is 0 Å². The second-order valence-corrected chi connectivity index (χ2v) is 5.68. The predicted octanol–water partition coefficient (Wildman–Crippen LogP) is 2.06. The molecule has 0 unspecified atom stereocenters. The lowest BCUT2D eigenvalue weighted by atomic mass is 9.92. The van der Waals surface area contributed by atoms with Gasteiger partial charge in [-0.05, 0) is 37.0 Å². The zero-order chi connectivity index (χ0) is 14.7. The summed E-state index contributed by atoms with van der Waals surface area (Å²) in [4.78, 5) is 18.5. The Morgan fingerprint density at radius 3 is 3.10 bits per heavy atom.